The SMILES string of the molecule is CC1=CC(C)=C(C)C1.CC1=CC(C)=C(C)C1.Cc1ccc(O)c(C)c1.Cc1ccc(O)c(C)c1.[Zr]. The second-order valence-corrected chi connectivity index (χ2v) is 9.84. The average molecular weight is 552 g/mol. The van der Waals surface area contributed by atoms with Crippen molar-refractivity contribution in [3.8, 4) is 11.5 Å². The Labute approximate surface area is 233 Å². The Morgan fingerprint density at radius 1 is 0.514 bits per heavy atom. The molecule has 35 heavy (non-hydrogen) atoms. The van der Waals surface area contributed by atoms with Gasteiger partial charge in [-0.1, -0.05) is 81.0 Å². The number of aryl methyl sites for hydroxylation is 4. The van der Waals surface area contributed by atoms with E-state index in [1.54, 1.807) is 12.1 Å². The van der Waals surface area contributed by atoms with Gasteiger partial charge in [-0.15, -0.1) is 0 Å². The Balaban J connectivity index is 0.000000437. The molecule has 2 N–H and O–H groups in total. The zero-order chi connectivity index (χ0) is 26.0. The Morgan fingerprint density at radius 2 is 0.829 bits per heavy atom. The predicted molar refractivity (Wildman–Crippen MR) is 149 cm³/mol. The summed E-state index contributed by atoms with van der Waals surface area (Å²) >= 11 is 0. The van der Waals surface area contributed by atoms with Gasteiger partial charge < -0.3 is 10.2 Å². The molecule has 4 rings (SSSR count). The Morgan fingerprint density at radius 3 is 0.971 bits per heavy atom. The molecule has 3 heteroatoms. The smallest absolute Gasteiger partial charge is 0.118 e. The Kier molecular flexibility index (Phi) is 14.8. The number of benzene rings is 2. The molecule has 2 aromatic carbocycles. The third-order valence-electron chi connectivity index (χ3n) is 6.06. The molecule has 0 amide bonds. The normalized spacial score (nSPS) is 13.9. The van der Waals surface area contributed by atoms with E-state index in [1.165, 1.54) is 57.4 Å². The molecule has 0 heterocycles. The van der Waals surface area contributed by atoms with Crippen LogP contribution in [0.5, 0.6) is 11.5 Å². The summed E-state index contributed by atoms with van der Waals surface area (Å²) in [4.78, 5) is 0. The van der Waals surface area contributed by atoms with Crippen molar-refractivity contribution in [2.24, 2.45) is 0 Å². The molecule has 0 atom stereocenters. The van der Waals surface area contributed by atoms with E-state index < -0.39 is 0 Å². The van der Waals surface area contributed by atoms with E-state index in [-0.39, 0.29) is 26.2 Å². The zero-order valence-corrected chi connectivity index (χ0v) is 25.9. The summed E-state index contributed by atoms with van der Waals surface area (Å²) in [5, 5.41) is 18.1. The van der Waals surface area contributed by atoms with Crippen LogP contribution in [0.3, 0.4) is 0 Å². The maximum Gasteiger partial charge on any atom is 0.118 e. The van der Waals surface area contributed by atoms with Crippen molar-refractivity contribution in [2.75, 3.05) is 0 Å². The van der Waals surface area contributed by atoms with Crippen LogP contribution in [0.1, 0.15) is 76.6 Å². The van der Waals surface area contributed by atoms with Crippen molar-refractivity contribution < 1.29 is 36.4 Å². The van der Waals surface area contributed by atoms with Crippen LogP contribution in [-0.4, -0.2) is 10.2 Å². The molecular weight excluding hydrogens is 508 g/mol. The zero-order valence-electron chi connectivity index (χ0n) is 23.4. The van der Waals surface area contributed by atoms with Gasteiger partial charge in [-0.3, -0.25) is 0 Å². The molecule has 0 bridgehead atoms. The van der Waals surface area contributed by atoms with Gasteiger partial charge in [-0.25, -0.2) is 0 Å². The summed E-state index contributed by atoms with van der Waals surface area (Å²) in [6.45, 7) is 20.9. The maximum atomic E-state index is 9.04. The van der Waals surface area contributed by atoms with Gasteiger partial charge in [0.25, 0.3) is 0 Å². The van der Waals surface area contributed by atoms with Crippen LogP contribution in [0, 0.1) is 27.7 Å². The minimum absolute atomic E-state index is 0. The van der Waals surface area contributed by atoms with Crippen molar-refractivity contribution in [1.29, 1.82) is 0 Å². The Bertz CT molecular complexity index is 1020. The molecule has 0 saturated heterocycles. The van der Waals surface area contributed by atoms with Gasteiger partial charge in [0.1, 0.15) is 11.5 Å². The maximum absolute atomic E-state index is 9.04. The largest absolute Gasteiger partial charge is 0.508 e. The van der Waals surface area contributed by atoms with E-state index >= 15 is 0 Å². The molecule has 2 aliphatic rings. The minimum Gasteiger partial charge on any atom is -0.508 e. The standard InChI is InChI=1S/2C8H10O.2C8H12.Zr/c2*1-6-3-4-8(9)7(2)5-6;2*1-6-4-7(2)8(3)5-6;/h2*3-5,9H,1-2H3;2*4H,5H2,1-3H3;. The molecule has 2 aliphatic carbocycles. The van der Waals surface area contributed by atoms with E-state index in [2.05, 4.69) is 53.7 Å². The molecule has 0 radical (unpaired) electrons. The number of hydrogen-bond donors (Lipinski definition) is 2. The Hall–Kier alpha value is -2.12. The number of phenolic OH excluding ortho intramolecular Hbond substituents is 2. The second-order valence-electron chi connectivity index (χ2n) is 9.84. The molecule has 0 spiro atoms. The van der Waals surface area contributed by atoms with Crippen molar-refractivity contribution >= 4 is 0 Å². The molecule has 188 valence electrons. The summed E-state index contributed by atoms with van der Waals surface area (Å²) in [5.41, 5.74) is 13.2. The van der Waals surface area contributed by atoms with E-state index in [1.807, 2.05) is 52.0 Å². The van der Waals surface area contributed by atoms with Gasteiger partial charge in [0, 0.05) is 26.2 Å². The quantitative estimate of drug-likeness (QED) is 0.342. The van der Waals surface area contributed by atoms with E-state index in [9.17, 15) is 0 Å². The molecule has 0 unspecified atom stereocenters. The third kappa shape index (κ3) is 12.4. The van der Waals surface area contributed by atoms with Crippen LogP contribution < -0.4 is 0 Å². The summed E-state index contributed by atoms with van der Waals surface area (Å²) in [5.74, 6) is 0.751. The van der Waals surface area contributed by atoms with Crippen molar-refractivity contribution in [3.05, 3.63) is 104 Å². The number of rotatable bonds is 0. The fraction of sp³-hybridized carbons (Fsp3) is 0.375. The van der Waals surface area contributed by atoms with Crippen LogP contribution in [0.15, 0.2) is 82.0 Å². The average Bonchev–Trinajstić information content (AvgIpc) is 3.20. The first-order chi connectivity index (χ1) is 15.8. The van der Waals surface area contributed by atoms with Gasteiger partial charge in [-0.05, 0) is 105 Å². The summed E-state index contributed by atoms with van der Waals surface area (Å²) in [7, 11) is 0. The monoisotopic (exact) mass is 550 g/mol. The number of phenols is 2. The van der Waals surface area contributed by atoms with E-state index in [0.29, 0.717) is 11.5 Å². The molecular formula is C32H44O2Zr. The van der Waals surface area contributed by atoms with Crippen molar-refractivity contribution in [2.45, 2.75) is 82.1 Å². The van der Waals surface area contributed by atoms with Crippen molar-refractivity contribution in [3.63, 3.8) is 0 Å². The molecule has 0 aromatic heterocycles. The van der Waals surface area contributed by atoms with Crippen LogP contribution in [0.4, 0.5) is 0 Å². The van der Waals surface area contributed by atoms with Crippen LogP contribution in [0.2, 0.25) is 0 Å². The summed E-state index contributed by atoms with van der Waals surface area (Å²) < 4.78 is 0. The summed E-state index contributed by atoms with van der Waals surface area (Å²) in [6, 6.07) is 11.1. The number of allylic oxidation sites excluding steroid dienone is 8. The molecule has 0 aliphatic heterocycles. The van der Waals surface area contributed by atoms with Gasteiger partial charge in [0.15, 0.2) is 0 Å². The molecule has 2 aromatic rings. The van der Waals surface area contributed by atoms with Gasteiger partial charge in [0.05, 0.1) is 0 Å². The second kappa shape index (κ2) is 15.8. The summed E-state index contributed by atoms with van der Waals surface area (Å²) in [6.07, 6.45) is 6.92. The first-order valence-corrected chi connectivity index (χ1v) is 12.0. The fourth-order valence-electron chi connectivity index (χ4n) is 3.81. The van der Waals surface area contributed by atoms with Gasteiger partial charge in [-0.2, -0.15) is 0 Å². The third-order valence-corrected chi connectivity index (χ3v) is 6.06. The topological polar surface area (TPSA) is 40.5 Å². The molecule has 0 saturated carbocycles. The van der Waals surface area contributed by atoms with Crippen LogP contribution in [0.25, 0.3) is 0 Å². The van der Waals surface area contributed by atoms with Crippen LogP contribution in [-0.2, 0) is 26.2 Å². The number of hydrogen-bond acceptors (Lipinski definition) is 2. The number of aromatic hydroxyl groups is 2. The molecule has 2 nitrogen and oxygen atoms in total. The molecule has 0 fully saturated rings. The van der Waals surface area contributed by atoms with Gasteiger partial charge >= 0.3 is 0 Å². The van der Waals surface area contributed by atoms with Crippen molar-refractivity contribution in [1.82, 2.24) is 0 Å². The fourth-order valence-corrected chi connectivity index (χ4v) is 3.81. The van der Waals surface area contributed by atoms with Crippen LogP contribution >= 0.6 is 0 Å². The van der Waals surface area contributed by atoms with E-state index in [4.69, 9.17) is 10.2 Å². The minimum atomic E-state index is 0. The van der Waals surface area contributed by atoms with E-state index in [0.717, 1.165) is 11.1 Å². The van der Waals surface area contributed by atoms with Gasteiger partial charge in [0.2, 0.25) is 0 Å². The predicted octanol–water partition coefficient (Wildman–Crippen LogP) is 9.36. The first-order valence-electron chi connectivity index (χ1n) is 12.0. The first kappa shape index (κ1) is 32.9.